The van der Waals surface area contributed by atoms with Crippen LogP contribution in [0.15, 0.2) is 35.7 Å². The Labute approximate surface area is 156 Å². The molecule has 0 saturated carbocycles. The molecule has 0 aliphatic heterocycles. The Morgan fingerprint density at radius 2 is 2.17 bits per heavy atom. The van der Waals surface area contributed by atoms with Crippen molar-refractivity contribution in [2.45, 2.75) is 38.0 Å². The summed E-state index contributed by atoms with van der Waals surface area (Å²) in [4.78, 5) is 4.02. The summed E-state index contributed by atoms with van der Waals surface area (Å²) < 4.78 is 5.38. The van der Waals surface area contributed by atoms with Gasteiger partial charge in [0.05, 0.1) is 7.11 Å². The molecule has 1 unspecified atom stereocenters. The van der Waals surface area contributed by atoms with Crippen molar-refractivity contribution in [3.8, 4) is 5.75 Å². The summed E-state index contributed by atoms with van der Waals surface area (Å²) >= 11 is 1.87. The Bertz CT molecular complexity index is 614. The number of thiophene rings is 1. The molecule has 1 aromatic heterocycles. The molecule has 0 bridgehead atoms. The maximum Gasteiger partial charge on any atom is 0.119 e. The molecule has 1 atom stereocenters. The van der Waals surface area contributed by atoms with Crippen molar-refractivity contribution >= 4 is 23.7 Å². The van der Waals surface area contributed by atoms with Gasteiger partial charge < -0.3 is 9.64 Å². The number of ether oxygens (including phenoxy) is 1. The molecule has 2 aromatic rings. The summed E-state index contributed by atoms with van der Waals surface area (Å²) in [6.07, 6.45) is 6.27. The molecule has 4 heteroatoms. The first-order valence-corrected chi connectivity index (χ1v) is 9.52. The van der Waals surface area contributed by atoms with Gasteiger partial charge in [-0.25, -0.2) is 0 Å². The van der Waals surface area contributed by atoms with Crippen LogP contribution in [0.4, 0.5) is 0 Å². The number of benzene rings is 1. The van der Waals surface area contributed by atoms with Crippen molar-refractivity contribution in [2.75, 3.05) is 27.2 Å². The number of methoxy groups -OCH3 is 1. The van der Waals surface area contributed by atoms with E-state index in [1.54, 1.807) is 12.7 Å². The van der Waals surface area contributed by atoms with Gasteiger partial charge in [0.25, 0.3) is 0 Å². The number of rotatable bonds is 7. The molecule has 1 aliphatic rings. The van der Waals surface area contributed by atoms with E-state index in [9.17, 15) is 0 Å². The highest BCUT2D eigenvalue weighted by Crippen LogP contribution is 2.34. The third-order valence-corrected chi connectivity index (χ3v) is 5.80. The molecule has 0 radical (unpaired) electrons. The number of likely N-dealkylation sites (N-methyl/N-ethyl adjacent to an activating group) is 1. The van der Waals surface area contributed by atoms with Gasteiger partial charge in [0.1, 0.15) is 5.75 Å². The van der Waals surface area contributed by atoms with Crippen LogP contribution in [0.25, 0.3) is 0 Å². The van der Waals surface area contributed by atoms with Gasteiger partial charge in [-0.05, 0) is 86.3 Å². The second kappa shape index (κ2) is 9.45. The number of hydrogen-bond donors (Lipinski definition) is 0. The van der Waals surface area contributed by atoms with Gasteiger partial charge in [0.15, 0.2) is 0 Å². The Hall–Kier alpha value is -1.03. The molecular weight excluding hydrogens is 338 g/mol. The zero-order valence-corrected chi connectivity index (χ0v) is 16.3. The van der Waals surface area contributed by atoms with Gasteiger partial charge >= 0.3 is 0 Å². The lowest BCUT2D eigenvalue weighted by Crippen LogP contribution is -2.28. The SMILES string of the molecule is COc1ccc2c(c1)CCCC2CN(C)CCCc1cccs1.Cl. The number of hydrogen-bond acceptors (Lipinski definition) is 3. The first kappa shape index (κ1) is 19.3. The fourth-order valence-electron chi connectivity index (χ4n) is 3.65. The molecule has 132 valence electrons. The van der Waals surface area contributed by atoms with Crippen LogP contribution >= 0.6 is 23.7 Å². The highest BCUT2D eigenvalue weighted by molar-refractivity contribution is 7.09. The lowest BCUT2D eigenvalue weighted by molar-refractivity contribution is 0.294. The second-order valence-electron chi connectivity index (χ2n) is 6.60. The standard InChI is InChI=1S/C20H27NOS.ClH/c1-21(12-4-8-19-9-5-13-23-19)15-17-7-3-6-16-14-18(22-2)10-11-20(16)17;/h5,9-11,13-14,17H,3-4,6-8,12,15H2,1-2H3;1H. The van der Waals surface area contributed by atoms with E-state index in [0.717, 1.165) is 5.75 Å². The lowest BCUT2D eigenvalue weighted by atomic mass is 9.82. The Morgan fingerprint density at radius 3 is 2.92 bits per heavy atom. The molecule has 1 aliphatic carbocycles. The number of halogens is 1. The predicted octanol–water partition coefficient (Wildman–Crippen LogP) is 5.16. The maximum atomic E-state index is 5.38. The molecule has 0 saturated heterocycles. The Morgan fingerprint density at radius 1 is 1.29 bits per heavy atom. The van der Waals surface area contributed by atoms with Crippen LogP contribution in [-0.2, 0) is 12.8 Å². The number of aryl methyl sites for hydroxylation is 2. The topological polar surface area (TPSA) is 12.5 Å². The van der Waals surface area contributed by atoms with E-state index in [4.69, 9.17) is 4.74 Å². The third kappa shape index (κ3) is 4.98. The van der Waals surface area contributed by atoms with Gasteiger partial charge in [-0.2, -0.15) is 0 Å². The molecule has 1 heterocycles. The fraction of sp³-hybridized carbons (Fsp3) is 0.500. The van der Waals surface area contributed by atoms with Crippen LogP contribution in [0.1, 0.15) is 41.2 Å². The van der Waals surface area contributed by atoms with E-state index in [-0.39, 0.29) is 12.4 Å². The van der Waals surface area contributed by atoms with E-state index in [1.807, 2.05) is 11.3 Å². The first-order valence-electron chi connectivity index (χ1n) is 8.64. The Kier molecular flexibility index (Phi) is 7.60. The second-order valence-corrected chi connectivity index (χ2v) is 7.63. The lowest BCUT2D eigenvalue weighted by Gasteiger charge is -2.29. The zero-order chi connectivity index (χ0) is 16.1. The molecule has 2 nitrogen and oxygen atoms in total. The minimum absolute atomic E-state index is 0. The first-order chi connectivity index (χ1) is 11.3. The average molecular weight is 366 g/mol. The van der Waals surface area contributed by atoms with Gasteiger partial charge in [0.2, 0.25) is 0 Å². The average Bonchev–Trinajstić information content (AvgIpc) is 3.08. The van der Waals surface area contributed by atoms with Crippen molar-refractivity contribution in [3.63, 3.8) is 0 Å². The monoisotopic (exact) mass is 365 g/mol. The van der Waals surface area contributed by atoms with Crippen molar-refractivity contribution < 1.29 is 4.74 Å². The van der Waals surface area contributed by atoms with Gasteiger partial charge in [-0.15, -0.1) is 23.7 Å². The summed E-state index contributed by atoms with van der Waals surface area (Å²) in [5.41, 5.74) is 3.04. The quantitative estimate of drug-likeness (QED) is 0.671. The van der Waals surface area contributed by atoms with E-state index >= 15 is 0 Å². The minimum atomic E-state index is 0. The molecule has 1 aromatic carbocycles. The summed E-state index contributed by atoms with van der Waals surface area (Å²) in [5, 5.41) is 2.17. The number of fused-ring (bicyclic) bond motifs is 1. The Balaban J connectivity index is 0.00000208. The van der Waals surface area contributed by atoms with Crippen molar-refractivity contribution in [1.29, 1.82) is 0 Å². The van der Waals surface area contributed by atoms with Crippen LogP contribution in [0.3, 0.4) is 0 Å². The number of nitrogens with zero attached hydrogens (tertiary/aromatic N) is 1. The van der Waals surface area contributed by atoms with Crippen LogP contribution < -0.4 is 4.74 Å². The summed E-state index contributed by atoms with van der Waals surface area (Å²) in [5.74, 6) is 1.67. The van der Waals surface area contributed by atoms with Crippen molar-refractivity contribution in [3.05, 3.63) is 51.7 Å². The normalized spacial score (nSPS) is 16.5. The van der Waals surface area contributed by atoms with Gasteiger partial charge in [-0.1, -0.05) is 12.1 Å². The fourth-order valence-corrected chi connectivity index (χ4v) is 4.40. The molecule has 0 spiro atoms. The highest BCUT2D eigenvalue weighted by Gasteiger charge is 2.21. The van der Waals surface area contributed by atoms with E-state index in [0.29, 0.717) is 5.92 Å². The van der Waals surface area contributed by atoms with Crippen LogP contribution in [-0.4, -0.2) is 32.1 Å². The molecular formula is C20H28ClNOS. The molecule has 0 amide bonds. The van der Waals surface area contributed by atoms with Crippen molar-refractivity contribution in [2.24, 2.45) is 0 Å². The van der Waals surface area contributed by atoms with E-state index in [1.165, 1.54) is 55.6 Å². The van der Waals surface area contributed by atoms with Gasteiger partial charge in [-0.3, -0.25) is 0 Å². The summed E-state index contributed by atoms with van der Waals surface area (Å²) in [7, 11) is 4.02. The predicted molar refractivity (Wildman–Crippen MR) is 106 cm³/mol. The van der Waals surface area contributed by atoms with Crippen LogP contribution in [0, 0.1) is 0 Å². The van der Waals surface area contributed by atoms with E-state index in [2.05, 4.69) is 47.7 Å². The molecule has 24 heavy (non-hydrogen) atoms. The highest BCUT2D eigenvalue weighted by atomic mass is 35.5. The van der Waals surface area contributed by atoms with E-state index < -0.39 is 0 Å². The van der Waals surface area contributed by atoms with Crippen LogP contribution in [0.5, 0.6) is 5.75 Å². The molecule has 0 fully saturated rings. The van der Waals surface area contributed by atoms with Crippen molar-refractivity contribution in [1.82, 2.24) is 4.90 Å². The summed E-state index contributed by atoms with van der Waals surface area (Å²) in [6, 6.07) is 11.0. The third-order valence-electron chi connectivity index (χ3n) is 4.86. The maximum absolute atomic E-state index is 5.38. The van der Waals surface area contributed by atoms with Crippen LogP contribution in [0.2, 0.25) is 0 Å². The summed E-state index contributed by atoms with van der Waals surface area (Å²) in [6.45, 7) is 2.35. The molecule has 0 N–H and O–H groups in total. The van der Waals surface area contributed by atoms with Gasteiger partial charge in [0, 0.05) is 11.4 Å². The minimum Gasteiger partial charge on any atom is -0.497 e. The largest absolute Gasteiger partial charge is 0.497 e. The zero-order valence-electron chi connectivity index (χ0n) is 14.7. The smallest absolute Gasteiger partial charge is 0.119 e. The molecule has 3 rings (SSSR count).